The molecule has 2 aliphatic heterocycles. The van der Waals surface area contributed by atoms with Crippen molar-refractivity contribution in [2.45, 2.75) is 177 Å². The fourth-order valence-electron chi connectivity index (χ4n) is 12.8. The zero-order valence-electron chi connectivity index (χ0n) is 30.7. The molecule has 7 heteroatoms. The molecule has 0 aromatic heterocycles. The van der Waals surface area contributed by atoms with E-state index in [0.29, 0.717) is 56.0 Å². The summed E-state index contributed by atoms with van der Waals surface area (Å²) in [6.45, 7) is 4.72. The van der Waals surface area contributed by atoms with E-state index in [1.165, 1.54) is 63.4 Å². The molecule has 2 N–H and O–H groups in total. The van der Waals surface area contributed by atoms with Gasteiger partial charge in [-0.25, -0.2) is 0 Å². The van der Waals surface area contributed by atoms with Crippen LogP contribution >= 0.6 is 0 Å². The number of fused-ring (bicyclic) bond motifs is 4. The van der Waals surface area contributed by atoms with Crippen LogP contribution in [0.4, 0.5) is 0 Å². The Morgan fingerprint density at radius 1 is 0.796 bits per heavy atom. The third kappa shape index (κ3) is 6.51. The van der Waals surface area contributed by atoms with Crippen molar-refractivity contribution in [3.05, 3.63) is 11.1 Å². The van der Waals surface area contributed by atoms with Crippen LogP contribution in [0, 0.1) is 40.9 Å². The summed E-state index contributed by atoms with van der Waals surface area (Å²) in [5.74, 6) is 7.86. The van der Waals surface area contributed by atoms with E-state index in [4.69, 9.17) is 18.9 Å². The van der Waals surface area contributed by atoms with E-state index < -0.39 is 17.0 Å². The van der Waals surface area contributed by atoms with Crippen LogP contribution in [0.1, 0.15) is 142 Å². The van der Waals surface area contributed by atoms with Gasteiger partial charge in [0.05, 0.1) is 18.8 Å². The van der Waals surface area contributed by atoms with Crippen LogP contribution in [-0.2, 0) is 18.9 Å². The minimum atomic E-state index is -1.02. The van der Waals surface area contributed by atoms with E-state index in [-0.39, 0.29) is 11.7 Å². The summed E-state index contributed by atoms with van der Waals surface area (Å²) in [5.41, 5.74) is 0.785. The van der Waals surface area contributed by atoms with Crippen molar-refractivity contribution in [1.29, 1.82) is 0 Å². The van der Waals surface area contributed by atoms with Gasteiger partial charge in [0.15, 0.2) is 12.1 Å². The molecule has 0 amide bonds. The van der Waals surface area contributed by atoms with E-state index >= 15 is 0 Å². The van der Waals surface area contributed by atoms with Crippen molar-refractivity contribution in [2.75, 3.05) is 33.5 Å². The second kappa shape index (κ2) is 14.1. The summed E-state index contributed by atoms with van der Waals surface area (Å²) in [6, 6.07) is 1.44. The van der Waals surface area contributed by atoms with Gasteiger partial charge < -0.3 is 34.1 Å². The SMILES string of the molecule is CN(C1CCCCC1)C1CCC(C2CC3(C)C(CCC3(O)C#CCOC3CCCCO3)C3CCC[C@@]4(O)CC5(CCC4=C23)OCCO5)CC1. The Balaban J connectivity index is 1.08. The highest BCUT2D eigenvalue weighted by Crippen LogP contribution is 2.67. The van der Waals surface area contributed by atoms with Gasteiger partial charge in [0.2, 0.25) is 0 Å². The van der Waals surface area contributed by atoms with Crippen LogP contribution in [-0.4, -0.2) is 84.0 Å². The molecule has 7 nitrogen and oxygen atoms in total. The van der Waals surface area contributed by atoms with Crippen molar-refractivity contribution in [2.24, 2.45) is 29.1 Å². The van der Waals surface area contributed by atoms with Gasteiger partial charge in [0.25, 0.3) is 0 Å². The number of hydrogen-bond donors (Lipinski definition) is 2. The lowest BCUT2D eigenvalue weighted by molar-refractivity contribution is -0.205. The van der Waals surface area contributed by atoms with Gasteiger partial charge in [-0.05, 0) is 139 Å². The zero-order valence-corrected chi connectivity index (χ0v) is 30.7. The molecule has 0 radical (unpaired) electrons. The highest BCUT2D eigenvalue weighted by atomic mass is 16.7. The molecule has 6 aliphatic carbocycles. The summed E-state index contributed by atoms with van der Waals surface area (Å²) in [5, 5.41) is 25.2. The molecular formula is C42H65NO6. The molecule has 2 heterocycles. The Morgan fingerprint density at radius 2 is 1.55 bits per heavy atom. The second-order valence-electron chi connectivity index (χ2n) is 17.9. The third-order valence-electron chi connectivity index (χ3n) is 15.5. The summed E-state index contributed by atoms with van der Waals surface area (Å²) in [4.78, 5) is 2.76. The van der Waals surface area contributed by atoms with E-state index in [1.54, 1.807) is 5.57 Å². The van der Waals surface area contributed by atoms with Gasteiger partial charge in [0.1, 0.15) is 12.2 Å². The number of ether oxygens (including phenoxy) is 4. The molecule has 6 unspecified atom stereocenters. The first-order valence-corrected chi connectivity index (χ1v) is 20.6. The molecule has 8 aliphatic rings. The van der Waals surface area contributed by atoms with Gasteiger partial charge >= 0.3 is 0 Å². The zero-order chi connectivity index (χ0) is 33.7. The van der Waals surface area contributed by atoms with Crippen molar-refractivity contribution < 1.29 is 29.2 Å². The van der Waals surface area contributed by atoms with Crippen molar-refractivity contribution in [1.82, 2.24) is 4.90 Å². The second-order valence-corrected chi connectivity index (χ2v) is 17.9. The van der Waals surface area contributed by atoms with E-state index in [0.717, 1.165) is 83.3 Å². The van der Waals surface area contributed by atoms with Gasteiger partial charge in [-0.1, -0.05) is 43.6 Å². The minimum absolute atomic E-state index is 0.162. The van der Waals surface area contributed by atoms with Crippen molar-refractivity contribution in [3.63, 3.8) is 0 Å². The monoisotopic (exact) mass is 679 g/mol. The number of allylic oxidation sites excluding steroid dienone is 1. The average Bonchev–Trinajstić information content (AvgIpc) is 3.63. The standard InChI is InChI=1S/C42H65NO6/c1-39-28-34(30-14-16-32(17-15-30)43(2)31-10-4-3-5-11-31)38-33(12-8-20-40(44)29-42(23-19-36(38)40)48-26-27-49-42)35(39)18-22-41(39,45)21-9-25-47-37-13-6-7-24-46-37/h30-35,37,44-45H,3-8,10-20,22-29H2,1-2H3/t30?,32?,33?,34?,35?,37?,39?,40-,41?/m1/s1. The number of aliphatic hydroxyl groups is 2. The van der Waals surface area contributed by atoms with E-state index in [2.05, 4.69) is 30.7 Å². The first kappa shape index (κ1) is 35.1. The van der Waals surface area contributed by atoms with Gasteiger partial charge in [-0.3, -0.25) is 0 Å². The maximum atomic E-state index is 12.6. The molecular weight excluding hydrogens is 614 g/mol. The summed E-state index contributed by atoms with van der Waals surface area (Å²) < 4.78 is 24.2. The van der Waals surface area contributed by atoms with Crippen LogP contribution in [0.25, 0.3) is 0 Å². The molecule has 0 aromatic rings. The van der Waals surface area contributed by atoms with Gasteiger partial charge in [0, 0.05) is 36.9 Å². The maximum Gasteiger partial charge on any atom is 0.171 e. The van der Waals surface area contributed by atoms with Crippen LogP contribution in [0.5, 0.6) is 0 Å². The normalized spacial score (nSPS) is 44.2. The van der Waals surface area contributed by atoms with Crippen LogP contribution < -0.4 is 0 Å². The van der Waals surface area contributed by atoms with Gasteiger partial charge in [-0.2, -0.15) is 0 Å². The molecule has 8 rings (SSSR count). The molecule has 0 aromatic carbocycles. The predicted octanol–water partition coefficient (Wildman–Crippen LogP) is 7.28. The summed E-state index contributed by atoms with van der Waals surface area (Å²) in [7, 11) is 2.41. The Morgan fingerprint density at radius 3 is 2.31 bits per heavy atom. The highest BCUT2D eigenvalue weighted by molar-refractivity contribution is 5.38. The first-order chi connectivity index (χ1) is 23.7. The predicted molar refractivity (Wildman–Crippen MR) is 189 cm³/mol. The lowest BCUT2D eigenvalue weighted by Gasteiger charge is -2.55. The molecule has 5 saturated carbocycles. The van der Waals surface area contributed by atoms with Gasteiger partial charge in [-0.15, -0.1) is 0 Å². The Bertz CT molecular complexity index is 1260. The lowest BCUT2D eigenvalue weighted by Crippen LogP contribution is -2.53. The molecule has 7 atom stereocenters. The lowest BCUT2D eigenvalue weighted by atomic mass is 9.51. The highest BCUT2D eigenvalue weighted by Gasteiger charge is 2.64. The Labute approximate surface area is 296 Å². The van der Waals surface area contributed by atoms with Crippen LogP contribution in [0.3, 0.4) is 0 Å². The first-order valence-electron chi connectivity index (χ1n) is 20.6. The fourth-order valence-corrected chi connectivity index (χ4v) is 12.8. The Kier molecular flexibility index (Phi) is 10.1. The average molecular weight is 680 g/mol. The quantitative estimate of drug-likeness (QED) is 0.234. The summed E-state index contributed by atoms with van der Waals surface area (Å²) in [6.07, 6.45) is 22.8. The van der Waals surface area contributed by atoms with E-state index in [1.807, 2.05) is 0 Å². The van der Waals surface area contributed by atoms with Crippen molar-refractivity contribution >= 4 is 0 Å². The van der Waals surface area contributed by atoms with Crippen molar-refractivity contribution in [3.8, 4) is 11.8 Å². The number of hydrogen-bond acceptors (Lipinski definition) is 7. The third-order valence-corrected chi connectivity index (χ3v) is 15.5. The largest absolute Gasteiger partial charge is 0.385 e. The number of nitrogens with zero attached hydrogens (tertiary/aromatic N) is 1. The molecule has 1 spiro atoms. The molecule has 7 fully saturated rings. The van der Waals surface area contributed by atoms with Crippen LogP contribution in [0.2, 0.25) is 0 Å². The fraction of sp³-hybridized carbons (Fsp3) is 0.905. The Hall–Kier alpha value is -0.980. The molecule has 2 saturated heterocycles. The summed E-state index contributed by atoms with van der Waals surface area (Å²) >= 11 is 0. The van der Waals surface area contributed by atoms with Crippen LogP contribution in [0.15, 0.2) is 11.1 Å². The smallest absolute Gasteiger partial charge is 0.171 e. The number of rotatable bonds is 5. The topological polar surface area (TPSA) is 80.6 Å². The molecule has 0 bridgehead atoms. The minimum Gasteiger partial charge on any atom is -0.385 e. The molecule has 274 valence electrons. The maximum absolute atomic E-state index is 12.6. The molecule has 49 heavy (non-hydrogen) atoms. The van der Waals surface area contributed by atoms with E-state index in [9.17, 15) is 10.2 Å².